The van der Waals surface area contributed by atoms with E-state index in [1.807, 2.05) is 30.0 Å². The molecule has 212 valence electrons. The molecule has 40 heavy (non-hydrogen) atoms. The van der Waals surface area contributed by atoms with Gasteiger partial charge >= 0.3 is 10.1 Å². The third-order valence-corrected chi connectivity index (χ3v) is 10.6. The van der Waals surface area contributed by atoms with Crippen LogP contribution in [0.25, 0.3) is 21.5 Å². The molecule has 0 atom stereocenters. The lowest BCUT2D eigenvalue weighted by Gasteiger charge is -2.15. The van der Waals surface area contributed by atoms with Crippen molar-refractivity contribution in [2.75, 3.05) is 21.3 Å². The minimum atomic E-state index is -4.45. The van der Waals surface area contributed by atoms with Crippen LogP contribution in [0.1, 0.15) is 22.3 Å². The van der Waals surface area contributed by atoms with Gasteiger partial charge in [0.05, 0.1) is 21.3 Å². The molecule has 0 fully saturated rings. The normalized spacial score (nSPS) is 14.4. The number of thioether (sulfide) groups is 2. The van der Waals surface area contributed by atoms with E-state index in [0.29, 0.717) is 5.39 Å². The SMILES string of the molecule is COc1cc2cc3c(cc2c(OC)c1S(=O)(=O)O)CSC3.COc1cc2cc3c(cc2cc1S(=O)(=O)O)CSC3. The molecule has 0 amide bonds. The van der Waals surface area contributed by atoms with Crippen LogP contribution in [-0.2, 0) is 43.2 Å². The largest absolute Gasteiger partial charge is 0.495 e. The maximum atomic E-state index is 11.7. The summed E-state index contributed by atoms with van der Waals surface area (Å²) in [4.78, 5) is -0.515. The van der Waals surface area contributed by atoms with Gasteiger partial charge in [-0.25, -0.2) is 0 Å². The summed E-state index contributed by atoms with van der Waals surface area (Å²) < 4.78 is 80.2. The highest BCUT2D eigenvalue weighted by atomic mass is 32.2. The second-order valence-corrected chi connectivity index (χ2v) is 13.9. The summed E-state index contributed by atoms with van der Waals surface area (Å²) in [6.07, 6.45) is 0. The second kappa shape index (κ2) is 11.0. The van der Waals surface area contributed by atoms with Gasteiger partial charge in [-0.1, -0.05) is 0 Å². The molecule has 2 aliphatic heterocycles. The van der Waals surface area contributed by atoms with E-state index >= 15 is 0 Å². The van der Waals surface area contributed by atoms with Gasteiger partial charge in [-0.2, -0.15) is 40.4 Å². The Bertz CT molecular complexity index is 1870. The van der Waals surface area contributed by atoms with Gasteiger partial charge in [0.15, 0.2) is 10.6 Å². The standard InChI is InChI=1S/C14H14O5S2.C13H12O4S2/c1-18-12-5-8-3-9-6-20-7-10(9)4-11(8)13(19-2)14(12)21(15,16)17;1-17-12-4-8-2-10-6-18-7-11(10)3-9(8)5-13(12)19(14,15)16/h3-5H,6-7H2,1-2H3,(H,15,16,17);2-5H,6-7H2,1H3,(H,14,15,16). The van der Waals surface area contributed by atoms with E-state index in [9.17, 15) is 25.9 Å². The first-order valence-electron chi connectivity index (χ1n) is 11.9. The minimum Gasteiger partial charge on any atom is -0.495 e. The van der Waals surface area contributed by atoms with E-state index in [1.54, 1.807) is 23.9 Å². The van der Waals surface area contributed by atoms with Crippen molar-refractivity contribution >= 4 is 65.3 Å². The zero-order valence-corrected chi connectivity index (χ0v) is 25.0. The summed E-state index contributed by atoms with van der Waals surface area (Å²) in [5.41, 5.74) is 4.90. The Balaban J connectivity index is 0.000000162. The van der Waals surface area contributed by atoms with Gasteiger partial charge in [0.1, 0.15) is 16.4 Å². The molecule has 2 heterocycles. The van der Waals surface area contributed by atoms with Crippen molar-refractivity contribution in [3.8, 4) is 17.2 Å². The van der Waals surface area contributed by atoms with Crippen molar-refractivity contribution in [2.45, 2.75) is 32.8 Å². The molecule has 0 saturated heterocycles. The summed E-state index contributed by atoms with van der Waals surface area (Å²) in [6.45, 7) is 0. The van der Waals surface area contributed by atoms with Crippen LogP contribution in [-0.4, -0.2) is 47.3 Å². The molecule has 0 bridgehead atoms. The molecule has 9 nitrogen and oxygen atoms in total. The van der Waals surface area contributed by atoms with E-state index in [-0.39, 0.29) is 27.0 Å². The third-order valence-electron chi connectivity index (χ3n) is 6.76. The van der Waals surface area contributed by atoms with E-state index in [0.717, 1.165) is 44.7 Å². The van der Waals surface area contributed by atoms with Gasteiger partial charge < -0.3 is 14.2 Å². The fourth-order valence-electron chi connectivity index (χ4n) is 4.91. The first kappa shape index (κ1) is 28.8. The van der Waals surface area contributed by atoms with E-state index in [1.165, 1.54) is 44.1 Å². The van der Waals surface area contributed by atoms with Crippen molar-refractivity contribution in [1.29, 1.82) is 0 Å². The van der Waals surface area contributed by atoms with Crippen LogP contribution in [0.4, 0.5) is 0 Å². The van der Waals surface area contributed by atoms with Gasteiger partial charge in [-0.3, -0.25) is 9.11 Å². The average Bonchev–Trinajstić information content (AvgIpc) is 3.56. The molecule has 2 aliphatic rings. The van der Waals surface area contributed by atoms with Crippen LogP contribution >= 0.6 is 23.5 Å². The zero-order chi connectivity index (χ0) is 28.8. The van der Waals surface area contributed by atoms with Crippen molar-refractivity contribution < 1.29 is 40.2 Å². The Morgan fingerprint density at radius 1 is 0.600 bits per heavy atom. The van der Waals surface area contributed by atoms with Gasteiger partial charge in [-0.05, 0) is 80.9 Å². The average molecular weight is 623 g/mol. The minimum absolute atomic E-state index is 0.0763. The number of methoxy groups -OCH3 is 3. The maximum Gasteiger partial charge on any atom is 0.301 e. The smallest absolute Gasteiger partial charge is 0.301 e. The van der Waals surface area contributed by atoms with Crippen LogP contribution in [0.2, 0.25) is 0 Å². The number of fused-ring (bicyclic) bond motifs is 4. The summed E-state index contributed by atoms with van der Waals surface area (Å²) in [5.74, 6) is 4.11. The molecule has 13 heteroatoms. The summed E-state index contributed by atoms with van der Waals surface area (Å²) >= 11 is 3.64. The Morgan fingerprint density at radius 3 is 1.55 bits per heavy atom. The van der Waals surface area contributed by atoms with E-state index < -0.39 is 20.2 Å². The van der Waals surface area contributed by atoms with Gasteiger partial charge in [0.25, 0.3) is 10.1 Å². The van der Waals surface area contributed by atoms with Gasteiger partial charge in [0, 0.05) is 28.4 Å². The summed E-state index contributed by atoms with van der Waals surface area (Å²) in [7, 11) is -4.60. The fraction of sp³-hybridized carbons (Fsp3) is 0.259. The zero-order valence-electron chi connectivity index (χ0n) is 21.8. The Kier molecular flexibility index (Phi) is 7.89. The number of hydrogen-bond donors (Lipinski definition) is 2. The Morgan fingerprint density at radius 2 is 1.07 bits per heavy atom. The molecule has 0 aliphatic carbocycles. The van der Waals surface area contributed by atoms with Crippen LogP contribution in [0, 0.1) is 0 Å². The van der Waals surface area contributed by atoms with E-state index in [2.05, 4.69) is 6.07 Å². The topological polar surface area (TPSA) is 136 Å². The summed E-state index contributed by atoms with van der Waals surface area (Å²) in [5, 5.41) is 3.21. The van der Waals surface area contributed by atoms with Crippen molar-refractivity contribution in [3.63, 3.8) is 0 Å². The lowest BCUT2D eigenvalue weighted by molar-refractivity contribution is 0.371. The van der Waals surface area contributed by atoms with E-state index in [4.69, 9.17) is 14.2 Å². The second-order valence-electron chi connectivity index (χ2n) is 9.19. The van der Waals surface area contributed by atoms with Crippen LogP contribution in [0.15, 0.2) is 52.3 Å². The lowest BCUT2D eigenvalue weighted by atomic mass is 10.0. The first-order chi connectivity index (χ1) is 18.9. The number of rotatable bonds is 5. The van der Waals surface area contributed by atoms with Crippen LogP contribution in [0.5, 0.6) is 17.2 Å². The van der Waals surface area contributed by atoms with Crippen molar-refractivity contribution in [3.05, 3.63) is 64.7 Å². The number of hydrogen-bond acceptors (Lipinski definition) is 9. The number of benzene rings is 4. The lowest BCUT2D eigenvalue weighted by Crippen LogP contribution is -2.05. The van der Waals surface area contributed by atoms with Gasteiger partial charge in [0.2, 0.25) is 0 Å². The first-order valence-corrected chi connectivity index (χ1v) is 17.1. The molecular weight excluding hydrogens is 597 g/mol. The number of ether oxygens (including phenoxy) is 3. The maximum absolute atomic E-state index is 11.7. The molecule has 6 rings (SSSR count). The third kappa shape index (κ3) is 5.46. The molecular formula is C27H26O9S4. The summed E-state index contributed by atoms with van der Waals surface area (Å²) in [6, 6.07) is 12.7. The van der Waals surface area contributed by atoms with Crippen LogP contribution in [0.3, 0.4) is 0 Å². The molecule has 0 saturated carbocycles. The molecule has 0 radical (unpaired) electrons. The highest BCUT2D eigenvalue weighted by Crippen LogP contribution is 2.43. The van der Waals surface area contributed by atoms with Crippen molar-refractivity contribution in [2.24, 2.45) is 0 Å². The monoisotopic (exact) mass is 622 g/mol. The molecule has 0 aromatic heterocycles. The highest BCUT2D eigenvalue weighted by molar-refractivity contribution is 7.98. The Hall–Kier alpha value is -2.68. The highest BCUT2D eigenvalue weighted by Gasteiger charge is 2.26. The molecule has 4 aromatic rings. The van der Waals surface area contributed by atoms with Gasteiger partial charge in [-0.15, -0.1) is 0 Å². The molecule has 4 aromatic carbocycles. The Labute approximate surface area is 240 Å². The van der Waals surface area contributed by atoms with Crippen molar-refractivity contribution in [1.82, 2.24) is 0 Å². The van der Waals surface area contributed by atoms with Crippen LogP contribution < -0.4 is 14.2 Å². The fourth-order valence-corrected chi connectivity index (χ4v) is 8.56. The predicted molar refractivity (Wildman–Crippen MR) is 157 cm³/mol. The molecule has 2 N–H and O–H groups in total. The molecule has 0 unspecified atom stereocenters. The quantitative estimate of drug-likeness (QED) is 0.266. The molecule has 0 spiro atoms. The predicted octanol–water partition coefficient (Wildman–Crippen LogP) is 5.69.